The fraction of sp³-hybridized carbons (Fsp3) is 0.842. The average molecular weight is 709 g/mol. The second kappa shape index (κ2) is 13.0. The third kappa shape index (κ3) is 6.04. The first-order valence-corrected chi connectivity index (χ1v) is 18.1. The predicted molar refractivity (Wildman–Crippen MR) is 181 cm³/mol. The van der Waals surface area contributed by atoms with Crippen LogP contribution in [-0.2, 0) is 23.8 Å². The van der Waals surface area contributed by atoms with Crippen molar-refractivity contribution in [2.45, 2.75) is 155 Å². The molecular formula is C38H60O12. The van der Waals surface area contributed by atoms with Gasteiger partial charge in [-0.15, -0.1) is 0 Å². The van der Waals surface area contributed by atoms with Gasteiger partial charge in [0.25, 0.3) is 0 Å². The van der Waals surface area contributed by atoms with E-state index < -0.39 is 101 Å². The fourth-order valence-corrected chi connectivity index (χ4v) is 11.3. The van der Waals surface area contributed by atoms with Gasteiger partial charge in [0.2, 0.25) is 0 Å². The lowest BCUT2D eigenvalue weighted by Crippen LogP contribution is -2.64. The van der Waals surface area contributed by atoms with Crippen molar-refractivity contribution in [1.82, 2.24) is 0 Å². The highest BCUT2D eigenvalue weighted by Gasteiger charge is 2.72. The van der Waals surface area contributed by atoms with Crippen molar-refractivity contribution in [2.24, 2.45) is 39.4 Å². The first kappa shape index (κ1) is 39.5. The van der Waals surface area contributed by atoms with Gasteiger partial charge < -0.3 is 50.0 Å². The Bertz CT molecular complexity index is 1390. The van der Waals surface area contributed by atoms with E-state index in [9.17, 15) is 45.3 Å². The molecule has 0 aromatic heterocycles. The maximum atomic E-state index is 13.7. The molecule has 0 aromatic rings. The molecule has 3 saturated carbocycles. The summed E-state index contributed by atoms with van der Waals surface area (Å²) in [5.41, 5.74) is -4.03. The van der Waals surface area contributed by atoms with E-state index in [2.05, 4.69) is 26.8 Å². The molecule has 284 valence electrons. The van der Waals surface area contributed by atoms with Gasteiger partial charge in [-0.2, -0.15) is 0 Å². The summed E-state index contributed by atoms with van der Waals surface area (Å²) in [6.07, 6.45) is -2.30. The number of esters is 1. The molecular weight excluding hydrogens is 648 g/mol. The van der Waals surface area contributed by atoms with Crippen LogP contribution in [-0.4, -0.2) is 114 Å². The molecule has 15 atom stereocenters. The van der Waals surface area contributed by atoms with Gasteiger partial charge in [0, 0.05) is 18.3 Å². The second-order valence-electron chi connectivity index (χ2n) is 17.9. The van der Waals surface area contributed by atoms with Crippen molar-refractivity contribution in [3.63, 3.8) is 0 Å². The smallest absolute Gasteiger partial charge is 0.303 e. The number of aliphatic hydroxyl groups excluding tert-OH is 6. The Morgan fingerprint density at radius 2 is 1.62 bits per heavy atom. The summed E-state index contributed by atoms with van der Waals surface area (Å²) in [6, 6.07) is 0. The zero-order valence-corrected chi connectivity index (χ0v) is 31.0. The second-order valence-corrected chi connectivity index (χ2v) is 17.9. The summed E-state index contributed by atoms with van der Waals surface area (Å²) in [6.45, 7) is 15.9. The van der Waals surface area contributed by atoms with Crippen LogP contribution in [0.15, 0.2) is 23.8 Å². The summed E-state index contributed by atoms with van der Waals surface area (Å²) in [5.74, 6) is -1.87. The van der Waals surface area contributed by atoms with E-state index in [1.54, 1.807) is 13.8 Å². The Morgan fingerprint density at radius 3 is 2.22 bits per heavy atom. The highest BCUT2D eigenvalue weighted by atomic mass is 16.7. The standard InChI is InChI=1S/C38H60O12/c1-19(40)50-33(2,3)13-12-26(42)38(9,47)30-22(41)17-37(8)25-11-10-20-21(35(25,6)14-15-36(30,37)7)16-23(31(46)34(20,4)5)48-32-29(45)28(44)27(43)24(18-39)49-32/h10,12-13,21-25,27-32,39,41,43-47H,11,14-18H2,1-9H3/b13-12+/t21-,22-,23+,24-,25-,27-,28+,29-,30+,31+,32-,35+,36-,37+,38+/m1/s1. The monoisotopic (exact) mass is 708 g/mol. The molecule has 1 saturated heterocycles. The molecule has 12 heteroatoms. The van der Waals surface area contributed by atoms with Crippen LogP contribution < -0.4 is 0 Å². The SMILES string of the molecule is CC(=O)OC(C)(C)/C=C/C(=O)[C@](C)(O)[C@H]1[C@H](O)C[C@@]2(C)[C@@H]3CC=C4[C@@H](C[C@H](O[C@@H]5O[C@H](CO)[C@@H](O)[C@H](O)[C@H]5O)[C@H](O)C4(C)C)[C@]3(C)CC[C@]12C. The van der Waals surface area contributed by atoms with E-state index in [1.165, 1.54) is 26.0 Å². The van der Waals surface area contributed by atoms with Gasteiger partial charge in [0.1, 0.15) is 35.6 Å². The molecule has 5 rings (SSSR count). The van der Waals surface area contributed by atoms with Crippen LogP contribution >= 0.6 is 0 Å². The number of hydrogen-bond donors (Lipinski definition) is 7. The van der Waals surface area contributed by atoms with E-state index >= 15 is 0 Å². The van der Waals surface area contributed by atoms with Crippen molar-refractivity contribution in [2.75, 3.05) is 6.61 Å². The molecule has 5 aliphatic rings. The Hall–Kier alpha value is -1.74. The van der Waals surface area contributed by atoms with Crippen molar-refractivity contribution >= 4 is 11.8 Å². The number of fused-ring (bicyclic) bond motifs is 5. The molecule has 0 amide bonds. The lowest BCUT2D eigenvalue weighted by Gasteiger charge is -2.66. The van der Waals surface area contributed by atoms with Gasteiger partial charge in [0.05, 0.1) is 24.9 Å². The predicted octanol–water partition coefficient (Wildman–Crippen LogP) is 1.94. The van der Waals surface area contributed by atoms with Crippen LogP contribution in [0.1, 0.15) is 94.4 Å². The Balaban J connectivity index is 1.44. The molecule has 0 spiro atoms. The molecule has 1 heterocycles. The summed E-state index contributed by atoms with van der Waals surface area (Å²) in [7, 11) is 0. The Morgan fingerprint density at radius 1 is 0.980 bits per heavy atom. The van der Waals surface area contributed by atoms with Crippen LogP contribution in [0.3, 0.4) is 0 Å². The molecule has 0 aromatic carbocycles. The first-order valence-electron chi connectivity index (χ1n) is 18.1. The van der Waals surface area contributed by atoms with Crippen LogP contribution in [0.5, 0.6) is 0 Å². The van der Waals surface area contributed by atoms with E-state index in [4.69, 9.17) is 14.2 Å². The summed E-state index contributed by atoms with van der Waals surface area (Å²) < 4.78 is 17.2. The minimum Gasteiger partial charge on any atom is -0.456 e. The van der Waals surface area contributed by atoms with Gasteiger partial charge in [-0.3, -0.25) is 9.59 Å². The third-order valence-electron chi connectivity index (χ3n) is 14.1. The summed E-state index contributed by atoms with van der Waals surface area (Å²) >= 11 is 0. The largest absolute Gasteiger partial charge is 0.456 e. The average Bonchev–Trinajstić information content (AvgIpc) is 3.23. The number of aliphatic hydroxyl groups is 7. The highest BCUT2D eigenvalue weighted by Crippen LogP contribution is 2.75. The topological polar surface area (TPSA) is 203 Å². The van der Waals surface area contributed by atoms with Crippen LogP contribution in [0, 0.1) is 39.4 Å². The number of ketones is 1. The van der Waals surface area contributed by atoms with Crippen molar-refractivity contribution < 1.29 is 59.5 Å². The maximum absolute atomic E-state index is 13.7. The highest BCUT2D eigenvalue weighted by molar-refractivity contribution is 5.97. The molecule has 12 nitrogen and oxygen atoms in total. The van der Waals surface area contributed by atoms with E-state index in [0.29, 0.717) is 32.1 Å². The Labute approximate surface area is 295 Å². The minimum absolute atomic E-state index is 0.0328. The number of hydrogen-bond acceptors (Lipinski definition) is 12. The van der Waals surface area contributed by atoms with Gasteiger partial charge in [-0.1, -0.05) is 46.3 Å². The zero-order chi connectivity index (χ0) is 37.6. The van der Waals surface area contributed by atoms with Crippen molar-refractivity contribution in [3.05, 3.63) is 23.8 Å². The zero-order valence-electron chi connectivity index (χ0n) is 31.0. The van der Waals surface area contributed by atoms with Gasteiger partial charge in [-0.25, -0.2) is 0 Å². The lowest BCUT2D eigenvalue weighted by atomic mass is 9.38. The van der Waals surface area contributed by atoms with Gasteiger partial charge in [0.15, 0.2) is 12.1 Å². The molecule has 0 bridgehead atoms. The fourth-order valence-electron chi connectivity index (χ4n) is 11.3. The van der Waals surface area contributed by atoms with Crippen molar-refractivity contribution in [3.8, 4) is 0 Å². The third-order valence-corrected chi connectivity index (χ3v) is 14.1. The number of carbonyl (C=O) groups excluding carboxylic acids is 2. The summed E-state index contributed by atoms with van der Waals surface area (Å²) in [4.78, 5) is 25.2. The number of ether oxygens (including phenoxy) is 3. The molecule has 0 unspecified atom stereocenters. The van der Waals surface area contributed by atoms with Gasteiger partial charge >= 0.3 is 5.97 Å². The molecule has 7 N–H and O–H groups in total. The number of carbonyl (C=O) groups is 2. The minimum atomic E-state index is -1.90. The van der Waals surface area contributed by atoms with Crippen LogP contribution in [0.25, 0.3) is 0 Å². The van der Waals surface area contributed by atoms with E-state index in [0.717, 1.165) is 5.57 Å². The lowest BCUT2D eigenvalue weighted by molar-refractivity contribution is -0.324. The van der Waals surface area contributed by atoms with Crippen LogP contribution in [0.2, 0.25) is 0 Å². The molecule has 1 aliphatic heterocycles. The van der Waals surface area contributed by atoms with Crippen molar-refractivity contribution in [1.29, 1.82) is 0 Å². The molecule has 50 heavy (non-hydrogen) atoms. The van der Waals surface area contributed by atoms with Crippen LogP contribution in [0.4, 0.5) is 0 Å². The van der Waals surface area contributed by atoms with Gasteiger partial charge in [-0.05, 0) is 93.1 Å². The Kier molecular flexibility index (Phi) is 10.2. The first-order chi connectivity index (χ1) is 22.9. The summed E-state index contributed by atoms with van der Waals surface area (Å²) in [5, 5.41) is 76.5. The quantitative estimate of drug-likeness (QED) is 0.110. The molecule has 4 aliphatic carbocycles. The normalized spacial score (nSPS) is 47.0. The molecule has 0 radical (unpaired) electrons. The van der Waals surface area contributed by atoms with E-state index in [-0.39, 0.29) is 17.3 Å². The van der Waals surface area contributed by atoms with E-state index in [1.807, 2.05) is 13.8 Å². The maximum Gasteiger partial charge on any atom is 0.303 e. The number of rotatable bonds is 8. The molecule has 4 fully saturated rings. The number of allylic oxidation sites excluding steroid dienone is 1.